The number of carbonyl (C=O) groups excluding carboxylic acids is 3. The van der Waals surface area contributed by atoms with Gasteiger partial charge in [-0.2, -0.15) is 12.6 Å². The highest BCUT2D eigenvalue weighted by Gasteiger charge is 2.48. The average molecular weight is 464 g/mol. The van der Waals surface area contributed by atoms with Crippen LogP contribution in [0.1, 0.15) is 65.5 Å². The molecule has 1 saturated carbocycles. The summed E-state index contributed by atoms with van der Waals surface area (Å²) in [6.45, 7) is 9.94. The van der Waals surface area contributed by atoms with Crippen LogP contribution in [0, 0.1) is 5.92 Å². The fourth-order valence-corrected chi connectivity index (χ4v) is 3.79. The van der Waals surface area contributed by atoms with Gasteiger partial charge in [0.15, 0.2) is 0 Å². The minimum atomic E-state index is -0.907. The van der Waals surface area contributed by atoms with Crippen LogP contribution < -0.4 is 10.6 Å². The second-order valence-electron chi connectivity index (χ2n) is 9.37. The normalized spacial score (nSPS) is 19.4. The minimum absolute atomic E-state index is 0.0764. The maximum atomic E-state index is 13.7. The maximum Gasteiger partial charge on any atom is 0.408 e. The van der Waals surface area contributed by atoms with Crippen LogP contribution in [0.25, 0.3) is 0 Å². The van der Waals surface area contributed by atoms with Gasteiger partial charge in [0.05, 0.1) is 0 Å². The molecule has 1 aliphatic carbocycles. The Hall–Kier alpha value is -2.22. The van der Waals surface area contributed by atoms with E-state index < -0.39 is 23.8 Å². The van der Waals surface area contributed by atoms with E-state index in [2.05, 4.69) is 37.1 Å². The molecule has 0 spiro atoms. The van der Waals surface area contributed by atoms with Crippen molar-refractivity contribution in [1.82, 2.24) is 15.5 Å². The Morgan fingerprint density at radius 3 is 2.34 bits per heavy atom. The van der Waals surface area contributed by atoms with E-state index in [-0.39, 0.29) is 29.5 Å². The number of hydrogen-bond donors (Lipinski definition) is 3. The molecule has 2 rings (SSSR count). The van der Waals surface area contributed by atoms with Crippen molar-refractivity contribution >= 4 is 30.5 Å². The predicted molar refractivity (Wildman–Crippen MR) is 129 cm³/mol. The highest BCUT2D eigenvalue weighted by atomic mass is 32.1. The molecule has 8 heteroatoms. The van der Waals surface area contributed by atoms with Crippen molar-refractivity contribution in [3.05, 3.63) is 35.9 Å². The molecule has 7 nitrogen and oxygen atoms in total. The number of carbonyl (C=O) groups is 3. The molecular formula is C24H37N3O4S. The lowest BCUT2D eigenvalue weighted by Gasteiger charge is -2.34. The molecule has 1 aromatic rings. The Morgan fingerprint density at radius 1 is 1.22 bits per heavy atom. The van der Waals surface area contributed by atoms with Gasteiger partial charge in [-0.3, -0.25) is 9.59 Å². The second kappa shape index (κ2) is 11.6. The van der Waals surface area contributed by atoms with Gasteiger partial charge in [-0.25, -0.2) is 4.79 Å². The van der Waals surface area contributed by atoms with E-state index >= 15 is 0 Å². The van der Waals surface area contributed by atoms with E-state index in [9.17, 15) is 14.4 Å². The van der Waals surface area contributed by atoms with Crippen LogP contribution in [0.3, 0.4) is 0 Å². The molecule has 32 heavy (non-hydrogen) atoms. The third kappa shape index (κ3) is 7.43. The standard InChI is InChI=1S/C24H37N3O4S/c1-6-7-13-25-21(28)20(17-11-9-8-10-12-17)27(19-14-16(19)2)22(29)18(15-32)26-23(30)31-24(3,4)5/h8-12,16,18-20,32H,6-7,13-15H2,1-5H3,(H,25,28)(H,26,30). The molecule has 0 aliphatic heterocycles. The van der Waals surface area contributed by atoms with Crippen LogP contribution >= 0.6 is 12.6 Å². The fraction of sp³-hybridized carbons (Fsp3) is 0.625. The summed E-state index contributed by atoms with van der Waals surface area (Å²) in [5.41, 5.74) is 0.0502. The number of ether oxygens (including phenoxy) is 1. The number of rotatable bonds is 10. The number of benzene rings is 1. The number of hydrogen-bond acceptors (Lipinski definition) is 5. The first kappa shape index (κ1) is 26.0. The third-order valence-corrected chi connectivity index (χ3v) is 5.69. The highest BCUT2D eigenvalue weighted by Crippen LogP contribution is 2.40. The topological polar surface area (TPSA) is 87.7 Å². The van der Waals surface area contributed by atoms with Crippen molar-refractivity contribution in [2.75, 3.05) is 12.3 Å². The molecule has 178 valence electrons. The quantitative estimate of drug-likeness (QED) is 0.365. The molecule has 0 radical (unpaired) electrons. The summed E-state index contributed by atoms with van der Waals surface area (Å²) < 4.78 is 5.32. The van der Waals surface area contributed by atoms with E-state index in [4.69, 9.17) is 4.74 Å². The first-order valence-electron chi connectivity index (χ1n) is 11.3. The third-order valence-electron chi connectivity index (χ3n) is 5.32. The number of amides is 3. The van der Waals surface area contributed by atoms with Crippen molar-refractivity contribution < 1.29 is 19.1 Å². The molecule has 0 bridgehead atoms. The van der Waals surface area contributed by atoms with Crippen LogP contribution in [0.5, 0.6) is 0 Å². The maximum absolute atomic E-state index is 13.7. The summed E-state index contributed by atoms with van der Waals surface area (Å²) in [7, 11) is 0. The largest absolute Gasteiger partial charge is 0.444 e. The molecule has 4 unspecified atom stereocenters. The Bertz CT molecular complexity index is 781. The van der Waals surface area contributed by atoms with Crippen molar-refractivity contribution in [1.29, 1.82) is 0 Å². The van der Waals surface area contributed by atoms with E-state index in [1.54, 1.807) is 25.7 Å². The zero-order valence-corrected chi connectivity index (χ0v) is 20.7. The zero-order valence-electron chi connectivity index (χ0n) is 19.8. The number of nitrogens with one attached hydrogen (secondary N) is 2. The van der Waals surface area contributed by atoms with Gasteiger partial charge in [0.25, 0.3) is 0 Å². The molecular weight excluding hydrogens is 426 g/mol. The van der Waals surface area contributed by atoms with Gasteiger partial charge in [-0.15, -0.1) is 0 Å². The molecule has 1 aromatic carbocycles. The second-order valence-corrected chi connectivity index (χ2v) is 9.73. The van der Waals surface area contributed by atoms with Gasteiger partial charge in [0, 0.05) is 18.3 Å². The van der Waals surface area contributed by atoms with Crippen LogP contribution in [0.2, 0.25) is 0 Å². The van der Waals surface area contributed by atoms with Gasteiger partial charge in [0.2, 0.25) is 11.8 Å². The molecule has 1 fully saturated rings. The van der Waals surface area contributed by atoms with Crippen molar-refractivity contribution in [3.63, 3.8) is 0 Å². The smallest absolute Gasteiger partial charge is 0.408 e. The lowest BCUT2D eigenvalue weighted by molar-refractivity contribution is -0.143. The van der Waals surface area contributed by atoms with Gasteiger partial charge in [-0.05, 0) is 45.1 Å². The van der Waals surface area contributed by atoms with Crippen molar-refractivity contribution in [2.24, 2.45) is 5.92 Å². The van der Waals surface area contributed by atoms with E-state index in [1.165, 1.54) is 0 Å². The van der Waals surface area contributed by atoms with Gasteiger partial charge in [-0.1, -0.05) is 50.6 Å². The molecule has 0 heterocycles. The van der Waals surface area contributed by atoms with Crippen LogP contribution in [0.4, 0.5) is 4.79 Å². The predicted octanol–water partition coefficient (Wildman–Crippen LogP) is 3.70. The summed E-state index contributed by atoms with van der Waals surface area (Å²) in [6.07, 6.45) is 1.95. The molecule has 3 amide bonds. The number of thiol groups is 1. The van der Waals surface area contributed by atoms with E-state index in [0.717, 1.165) is 24.8 Å². The lowest BCUT2D eigenvalue weighted by atomic mass is 10.0. The molecule has 0 aromatic heterocycles. The SMILES string of the molecule is CCCCNC(=O)C(c1ccccc1)N(C(=O)C(CS)NC(=O)OC(C)(C)C)C1CC1C. The monoisotopic (exact) mass is 463 g/mol. The summed E-state index contributed by atoms with van der Waals surface area (Å²) >= 11 is 4.31. The summed E-state index contributed by atoms with van der Waals surface area (Å²) in [4.78, 5) is 40.9. The van der Waals surface area contributed by atoms with Gasteiger partial charge >= 0.3 is 6.09 Å². The van der Waals surface area contributed by atoms with Crippen LogP contribution in [-0.2, 0) is 14.3 Å². The number of unbranched alkanes of at least 4 members (excludes halogenated alkanes) is 1. The average Bonchev–Trinajstić information content (AvgIpc) is 3.44. The zero-order chi connectivity index (χ0) is 23.9. The lowest BCUT2D eigenvalue weighted by Crippen LogP contribution is -2.54. The molecule has 4 atom stereocenters. The highest BCUT2D eigenvalue weighted by molar-refractivity contribution is 7.80. The van der Waals surface area contributed by atoms with Crippen LogP contribution in [-0.4, -0.2) is 52.8 Å². The first-order chi connectivity index (χ1) is 15.1. The van der Waals surface area contributed by atoms with Crippen LogP contribution in [0.15, 0.2) is 30.3 Å². The fourth-order valence-electron chi connectivity index (χ4n) is 3.55. The first-order valence-corrected chi connectivity index (χ1v) is 12.0. The minimum Gasteiger partial charge on any atom is -0.444 e. The van der Waals surface area contributed by atoms with Gasteiger partial charge < -0.3 is 20.3 Å². The summed E-state index contributed by atoms with van der Waals surface area (Å²) in [6, 6.07) is 7.54. The Kier molecular flexibility index (Phi) is 9.43. The van der Waals surface area contributed by atoms with Crippen molar-refractivity contribution in [3.8, 4) is 0 Å². The molecule has 1 aliphatic rings. The Labute approximate surface area is 197 Å². The summed E-state index contributed by atoms with van der Waals surface area (Å²) in [5.74, 6) is -0.183. The molecule has 2 N–H and O–H groups in total. The summed E-state index contributed by atoms with van der Waals surface area (Å²) in [5, 5.41) is 5.62. The van der Waals surface area contributed by atoms with E-state index in [0.29, 0.717) is 6.54 Å². The Balaban J connectivity index is 2.33. The van der Waals surface area contributed by atoms with Gasteiger partial charge in [0.1, 0.15) is 17.7 Å². The van der Waals surface area contributed by atoms with Crippen molar-refractivity contribution in [2.45, 2.75) is 77.6 Å². The number of alkyl carbamates (subject to hydrolysis) is 1. The Morgan fingerprint density at radius 2 is 1.84 bits per heavy atom. The molecule has 0 saturated heterocycles. The number of nitrogens with zero attached hydrogens (tertiary/aromatic N) is 1. The van der Waals surface area contributed by atoms with E-state index in [1.807, 2.05) is 30.3 Å².